The summed E-state index contributed by atoms with van der Waals surface area (Å²) in [5.74, 6) is 0.293. The summed E-state index contributed by atoms with van der Waals surface area (Å²) in [7, 11) is 0. The van der Waals surface area contributed by atoms with E-state index in [1.54, 1.807) is 4.40 Å². The van der Waals surface area contributed by atoms with Crippen LogP contribution in [0.3, 0.4) is 0 Å². The average Bonchev–Trinajstić information content (AvgIpc) is 2.75. The first-order chi connectivity index (χ1) is 14.4. The summed E-state index contributed by atoms with van der Waals surface area (Å²) in [5, 5.41) is 10.8. The van der Waals surface area contributed by atoms with Crippen molar-refractivity contribution >= 4 is 5.65 Å². The fourth-order valence-corrected chi connectivity index (χ4v) is 4.48. The summed E-state index contributed by atoms with van der Waals surface area (Å²) >= 11 is 0. The van der Waals surface area contributed by atoms with Gasteiger partial charge in [0.2, 0.25) is 0 Å². The number of fused-ring (bicyclic) bond motifs is 1. The highest BCUT2D eigenvalue weighted by molar-refractivity contribution is 5.41. The normalized spacial score (nSPS) is 16.8. The van der Waals surface area contributed by atoms with E-state index in [1.165, 1.54) is 5.56 Å². The predicted octanol–water partition coefficient (Wildman–Crippen LogP) is 3.61. The molecule has 0 saturated carbocycles. The molecule has 1 aliphatic rings. The standard InChI is InChI=1S/C25H31N3O2/c1-17-4-7-20(8-5-17)24(29)21-10-13-27(14-11-21)15-12-22-19(3)26-23-9-6-18(2)16-28(23)25(22)30/h4-9,16,21,24,29H,10-15H2,1-3H3/t24-/m0/s1. The second-order valence-corrected chi connectivity index (χ2v) is 8.70. The van der Waals surface area contributed by atoms with Crippen LogP contribution in [-0.2, 0) is 6.42 Å². The van der Waals surface area contributed by atoms with Crippen molar-refractivity contribution in [3.8, 4) is 0 Å². The molecule has 1 fully saturated rings. The van der Waals surface area contributed by atoms with Gasteiger partial charge in [0.1, 0.15) is 5.65 Å². The Morgan fingerprint density at radius 1 is 1.03 bits per heavy atom. The summed E-state index contributed by atoms with van der Waals surface area (Å²) in [5.41, 5.74) is 5.66. The minimum absolute atomic E-state index is 0.0471. The maximum Gasteiger partial charge on any atom is 0.261 e. The van der Waals surface area contributed by atoms with Crippen LogP contribution in [0.1, 0.15) is 46.9 Å². The van der Waals surface area contributed by atoms with Crippen LogP contribution in [0.25, 0.3) is 5.65 Å². The molecule has 0 aliphatic carbocycles. The Balaban J connectivity index is 1.38. The predicted molar refractivity (Wildman–Crippen MR) is 120 cm³/mol. The maximum absolute atomic E-state index is 13.0. The van der Waals surface area contributed by atoms with E-state index in [0.717, 1.165) is 54.9 Å². The minimum atomic E-state index is -0.396. The van der Waals surface area contributed by atoms with Crippen LogP contribution in [0.4, 0.5) is 0 Å². The van der Waals surface area contributed by atoms with Crippen molar-refractivity contribution in [2.45, 2.75) is 46.1 Å². The van der Waals surface area contributed by atoms with Crippen LogP contribution in [0.5, 0.6) is 0 Å². The molecule has 1 atom stereocenters. The Hall–Kier alpha value is -2.50. The number of rotatable bonds is 5. The van der Waals surface area contributed by atoms with E-state index in [-0.39, 0.29) is 5.56 Å². The van der Waals surface area contributed by atoms with Crippen LogP contribution in [0.2, 0.25) is 0 Å². The van der Waals surface area contributed by atoms with Crippen LogP contribution in [-0.4, -0.2) is 39.0 Å². The third-order valence-corrected chi connectivity index (χ3v) is 6.45. The first-order valence-corrected chi connectivity index (χ1v) is 10.9. The zero-order chi connectivity index (χ0) is 21.3. The lowest BCUT2D eigenvalue weighted by atomic mass is 9.87. The van der Waals surface area contributed by atoms with Gasteiger partial charge in [0.15, 0.2) is 0 Å². The number of piperidine rings is 1. The lowest BCUT2D eigenvalue weighted by Crippen LogP contribution is -2.37. The molecule has 158 valence electrons. The summed E-state index contributed by atoms with van der Waals surface area (Å²) < 4.78 is 1.67. The number of nitrogens with zero attached hydrogens (tertiary/aromatic N) is 3. The average molecular weight is 406 g/mol. The van der Waals surface area contributed by atoms with Gasteiger partial charge in [0.25, 0.3) is 5.56 Å². The number of hydrogen-bond donors (Lipinski definition) is 1. The Kier molecular flexibility index (Phi) is 6.02. The largest absolute Gasteiger partial charge is 0.388 e. The van der Waals surface area contributed by atoms with Crippen molar-refractivity contribution < 1.29 is 5.11 Å². The molecule has 0 bridgehead atoms. The number of pyridine rings is 1. The number of aliphatic hydroxyl groups excluding tert-OH is 1. The lowest BCUT2D eigenvalue weighted by Gasteiger charge is -2.34. The van der Waals surface area contributed by atoms with Gasteiger partial charge < -0.3 is 10.0 Å². The minimum Gasteiger partial charge on any atom is -0.388 e. The molecule has 4 rings (SSSR count). The summed E-state index contributed by atoms with van der Waals surface area (Å²) in [6.45, 7) is 8.74. The lowest BCUT2D eigenvalue weighted by molar-refractivity contribution is 0.0592. The summed E-state index contributed by atoms with van der Waals surface area (Å²) in [6, 6.07) is 12.1. The SMILES string of the molecule is Cc1ccc([C@H](O)C2CCN(CCc3c(C)nc4ccc(C)cn4c3=O)CC2)cc1. The molecule has 3 heterocycles. The molecule has 5 heteroatoms. The van der Waals surface area contributed by atoms with Crippen molar-refractivity contribution in [3.63, 3.8) is 0 Å². The van der Waals surface area contributed by atoms with Gasteiger partial charge in [-0.25, -0.2) is 4.98 Å². The first-order valence-electron chi connectivity index (χ1n) is 10.9. The molecule has 3 aromatic rings. The highest BCUT2D eigenvalue weighted by Crippen LogP contribution is 2.30. The van der Waals surface area contributed by atoms with Crippen molar-refractivity contribution in [2.24, 2.45) is 5.92 Å². The fourth-order valence-electron chi connectivity index (χ4n) is 4.48. The smallest absolute Gasteiger partial charge is 0.261 e. The number of benzene rings is 1. The monoisotopic (exact) mass is 405 g/mol. The van der Waals surface area contributed by atoms with Crippen LogP contribution in [0.15, 0.2) is 47.4 Å². The first kappa shape index (κ1) is 20.8. The van der Waals surface area contributed by atoms with Gasteiger partial charge in [-0.2, -0.15) is 0 Å². The van der Waals surface area contributed by atoms with Gasteiger partial charge in [-0.3, -0.25) is 9.20 Å². The zero-order valence-corrected chi connectivity index (χ0v) is 18.1. The number of aliphatic hydroxyl groups is 1. The second kappa shape index (κ2) is 8.70. The van der Waals surface area contributed by atoms with Gasteiger partial charge >= 0.3 is 0 Å². The molecule has 2 aromatic heterocycles. The van der Waals surface area contributed by atoms with Crippen LogP contribution in [0, 0.1) is 26.7 Å². The van der Waals surface area contributed by atoms with Gasteiger partial charge in [-0.1, -0.05) is 35.9 Å². The van der Waals surface area contributed by atoms with Gasteiger partial charge in [-0.15, -0.1) is 0 Å². The van der Waals surface area contributed by atoms with E-state index < -0.39 is 6.10 Å². The van der Waals surface area contributed by atoms with Crippen LogP contribution < -0.4 is 5.56 Å². The number of likely N-dealkylation sites (tertiary alicyclic amines) is 1. The fraction of sp³-hybridized carbons (Fsp3) is 0.440. The zero-order valence-electron chi connectivity index (χ0n) is 18.1. The maximum atomic E-state index is 13.0. The molecule has 0 radical (unpaired) electrons. The second-order valence-electron chi connectivity index (χ2n) is 8.70. The van der Waals surface area contributed by atoms with E-state index in [4.69, 9.17) is 0 Å². The van der Waals surface area contributed by atoms with E-state index in [0.29, 0.717) is 18.0 Å². The van der Waals surface area contributed by atoms with Crippen molar-refractivity contribution in [2.75, 3.05) is 19.6 Å². The van der Waals surface area contributed by atoms with Crippen LogP contribution >= 0.6 is 0 Å². The molecular weight excluding hydrogens is 374 g/mol. The number of hydrogen-bond acceptors (Lipinski definition) is 4. The molecule has 0 amide bonds. The number of aromatic nitrogens is 2. The highest BCUT2D eigenvalue weighted by atomic mass is 16.3. The van der Waals surface area contributed by atoms with Gasteiger partial charge in [-0.05, 0) is 76.2 Å². The van der Waals surface area contributed by atoms with E-state index in [2.05, 4.69) is 28.9 Å². The molecule has 1 saturated heterocycles. The topological polar surface area (TPSA) is 57.8 Å². The molecule has 0 unspecified atom stereocenters. The molecule has 1 N–H and O–H groups in total. The molecule has 5 nitrogen and oxygen atoms in total. The molecule has 30 heavy (non-hydrogen) atoms. The Bertz CT molecular complexity index is 1080. The molecule has 1 aromatic carbocycles. The molecule has 1 aliphatic heterocycles. The van der Waals surface area contributed by atoms with E-state index in [1.807, 2.05) is 44.3 Å². The van der Waals surface area contributed by atoms with E-state index in [9.17, 15) is 9.90 Å². The Morgan fingerprint density at radius 2 is 1.70 bits per heavy atom. The Labute approximate surface area is 178 Å². The third kappa shape index (κ3) is 4.32. The van der Waals surface area contributed by atoms with Crippen molar-refractivity contribution in [1.82, 2.24) is 14.3 Å². The molecular formula is C25H31N3O2. The van der Waals surface area contributed by atoms with Crippen molar-refractivity contribution in [3.05, 3.63) is 80.9 Å². The number of aryl methyl sites for hydroxylation is 3. The van der Waals surface area contributed by atoms with E-state index >= 15 is 0 Å². The van der Waals surface area contributed by atoms with Gasteiger partial charge in [0.05, 0.1) is 6.10 Å². The third-order valence-electron chi connectivity index (χ3n) is 6.45. The molecule has 0 spiro atoms. The summed E-state index contributed by atoms with van der Waals surface area (Å²) in [6.07, 6.45) is 4.13. The summed E-state index contributed by atoms with van der Waals surface area (Å²) in [4.78, 5) is 20.0. The Morgan fingerprint density at radius 3 is 2.40 bits per heavy atom. The van der Waals surface area contributed by atoms with Crippen molar-refractivity contribution in [1.29, 1.82) is 0 Å². The highest BCUT2D eigenvalue weighted by Gasteiger charge is 2.26. The quantitative estimate of drug-likeness (QED) is 0.705. The van der Waals surface area contributed by atoms with Gasteiger partial charge in [0, 0.05) is 24.0 Å².